The normalized spacial score (nSPS) is 14.4. The van der Waals surface area contributed by atoms with Crippen LogP contribution < -0.4 is 4.74 Å². The van der Waals surface area contributed by atoms with Crippen LogP contribution in [0.2, 0.25) is 0 Å². The number of nitrogens with zero attached hydrogens (tertiary/aromatic N) is 3. The zero-order chi connectivity index (χ0) is 14.7. The van der Waals surface area contributed by atoms with E-state index in [0.717, 1.165) is 31.6 Å². The molecule has 0 unspecified atom stereocenters. The number of benzene rings is 1. The molecule has 1 aromatic heterocycles. The molecule has 1 saturated heterocycles. The van der Waals surface area contributed by atoms with Crippen LogP contribution in [0.5, 0.6) is 5.88 Å². The van der Waals surface area contributed by atoms with Gasteiger partial charge in [0.1, 0.15) is 0 Å². The Morgan fingerprint density at radius 1 is 1.24 bits per heavy atom. The highest BCUT2D eigenvalue weighted by Gasteiger charge is 2.23. The highest BCUT2D eigenvalue weighted by Crippen LogP contribution is 2.21. The van der Waals surface area contributed by atoms with Crippen LogP contribution >= 0.6 is 0 Å². The molecular formula is C16H19N3O2. The maximum atomic E-state index is 12.4. The predicted octanol–water partition coefficient (Wildman–Crippen LogP) is 2.51. The number of rotatable bonds is 4. The maximum Gasteiger partial charge on any atom is 0.274 e. The molecule has 5 nitrogen and oxygen atoms in total. The standard InChI is InChI=1S/C16H19N3O2/c1-2-21-15-12-14(16(20)18-10-6-7-11-18)17-19(15)13-8-4-3-5-9-13/h3-5,8-9,12H,2,6-7,10-11H2,1H3. The van der Waals surface area contributed by atoms with E-state index in [4.69, 9.17) is 4.74 Å². The number of hydrogen-bond donors (Lipinski definition) is 0. The molecule has 0 N–H and O–H groups in total. The molecule has 0 saturated carbocycles. The minimum absolute atomic E-state index is 0.0110. The molecule has 2 aromatic rings. The summed E-state index contributed by atoms with van der Waals surface area (Å²) in [4.78, 5) is 14.3. The van der Waals surface area contributed by atoms with Gasteiger partial charge in [0.05, 0.1) is 12.3 Å². The number of para-hydroxylation sites is 1. The van der Waals surface area contributed by atoms with Crippen molar-refractivity contribution in [2.24, 2.45) is 0 Å². The molecule has 0 atom stereocenters. The van der Waals surface area contributed by atoms with Crippen molar-refractivity contribution in [3.8, 4) is 11.6 Å². The third-order valence-corrected chi connectivity index (χ3v) is 3.58. The molecular weight excluding hydrogens is 266 g/mol. The average molecular weight is 285 g/mol. The molecule has 1 aliphatic heterocycles. The van der Waals surface area contributed by atoms with E-state index in [9.17, 15) is 4.79 Å². The van der Waals surface area contributed by atoms with Gasteiger partial charge in [-0.1, -0.05) is 18.2 Å². The van der Waals surface area contributed by atoms with Gasteiger partial charge in [-0.3, -0.25) is 4.79 Å². The summed E-state index contributed by atoms with van der Waals surface area (Å²) in [6, 6.07) is 11.4. The second kappa shape index (κ2) is 5.99. The van der Waals surface area contributed by atoms with Crippen LogP contribution in [0.4, 0.5) is 0 Å². The van der Waals surface area contributed by atoms with Gasteiger partial charge in [-0.2, -0.15) is 5.10 Å². The molecule has 0 aliphatic carbocycles. The van der Waals surface area contributed by atoms with Crippen LogP contribution in [0.3, 0.4) is 0 Å². The Kier molecular flexibility index (Phi) is 3.90. The molecule has 0 radical (unpaired) electrons. The topological polar surface area (TPSA) is 47.4 Å². The highest BCUT2D eigenvalue weighted by atomic mass is 16.5. The second-order valence-electron chi connectivity index (χ2n) is 5.05. The Labute approximate surface area is 124 Å². The predicted molar refractivity (Wildman–Crippen MR) is 79.9 cm³/mol. The van der Waals surface area contributed by atoms with Crippen LogP contribution in [0.15, 0.2) is 36.4 Å². The minimum atomic E-state index is -0.0110. The molecule has 0 bridgehead atoms. The van der Waals surface area contributed by atoms with Crippen molar-refractivity contribution in [2.45, 2.75) is 19.8 Å². The van der Waals surface area contributed by atoms with E-state index in [1.54, 1.807) is 10.7 Å². The van der Waals surface area contributed by atoms with Crippen LogP contribution in [-0.2, 0) is 0 Å². The first kappa shape index (κ1) is 13.7. The minimum Gasteiger partial charge on any atom is -0.478 e. The number of hydrogen-bond acceptors (Lipinski definition) is 3. The Bertz CT molecular complexity index is 616. The summed E-state index contributed by atoms with van der Waals surface area (Å²) in [5.41, 5.74) is 1.34. The third kappa shape index (κ3) is 2.77. The second-order valence-corrected chi connectivity index (χ2v) is 5.05. The highest BCUT2D eigenvalue weighted by molar-refractivity contribution is 5.92. The smallest absolute Gasteiger partial charge is 0.274 e. The number of likely N-dealkylation sites (tertiary alicyclic amines) is 1. The molecule has 1 aromatic carbocycles. The fourth-order valence-corrected chi connectivity index (χ4v) is 2.56. The summed E-state index contributed by atoms with van der Waals surface area (Å²) < 4.78 is 7.30. The average Bonchev–Trinajstić information content (AvgIpc) is 3.18. The summed E-state index contributed by atoms with van der Waals surface area (Å²) in [5, 5.41) is 4.44. The van der Waals surface area contributed by atoms with E-state index in [1.165, 1.54) is 0 Å². The van der Waals surface area contributed by atoms with Crippen molar-refractivity contribution in [3.05, 3.63) is 42.1 Å². The van der Waals surface area contributed by atoms with Gasteiger partial charge >= 0.3 is 0 Å². The fraction of sp³-hybridized carbons (Fsp3) is 0.375. The number of carbonyl (C=O) groups is 1. The SMILES string of the molecule is CCOc1cc(C(=O)N2CCCC2)nn1-c1ccccc1. The molecule has 2 heterocycles. The van der Waals surface area contributed by atoms with Crippen molar-refractivity contribution < 1.29 is 9.53 Å². The van der Waals surface area contributed by atoms with Gasteiger partial charge in [-0.25, -0.2) is 4.68 Å². The van der Waals surface area contributed by atoms with Crippen molar-refractivity contribution in [2.75, 3.05) is 19.7 Å². The summed E-state index contributed by atoms with van der Waals surface area (Å²) in [6.07, 6.45) is 2.15. The number of aromatic nitrogens is 2. The lowest BCUT2D eigenvalue weighted by atomic mass is 10.3. The van der Waals surface area contributed by atoms with Crippen molar-refractivity contribution in [1.82, 2.24) is 14.7 Å². The zero-order valence-electron chi connectivity index (χ0n) is 12.2. The Morgan fingerprint density at radius 2 is 1.95 bits per heavy atom. The first-order valence-electron chi connectivity index (χ1n) is 7.37. The van der Waals surface area contributed by atoms with E-state index >= 15 is 0 Å². The summed E-state index contributed by atoms with van der Waals surface area (Å²) >= 11 is 0. The number of carbonyl (C=O) groups excluding carboxylic acids is 1. The summed E-state index contributed by atoms with van der Waals surface area (Å²) in [7, 11) is 0. The van der Waals surface area contributed by atoms with Gasteiger partial charge in [0.25, 0.3) is 5.91 Å². The van der Waals surface area contributed by atoms with E-state index in [0.29, 0.717) is 18.2 Å². The van der Waals surface area contributed by atoms with Gasteiger partial charge < -0.3 is 9.64 Å². The van der Waals surface area contributed by atoms with Gasteiger partial charge in [0.2, 0.25) is 5.88 Å². The van der Waals surface area contributed by atoms with Crippen LogP contribution in [0.25, 0.3) is 5.69 Å². The zero-order valence-corrected chi connectivity index (χ0v) is 12.2. The fourth-order valence-electron chi connectivity index (χ4n) is 2.56. The van der Waals surface area contributed by atoms with Crippen molar-refractivity contribution in [1.29, 1.82) is 0 Å². The summed E-state index contributed by atoms with van der Waals surface area (Å²) in [6.45, 7) is 4.10. The third-order valence-electron chi connectivity index (χ3n) is 3.58. The first-order chi connectivity index (χ1) is 10.3. The lowest BCUT2D eigenvalue weighted by molar-refractivity contribution is 0.0786. The van der Waals surface area contributed by atoms with Gasteiger partial charge in [-0.05, 0) is 31.9 Å². The lowest BCUT2D eigenvalue weighted by Gasteiger charge is -2.12. The van der Waals surface area contributed by atoms with Gasteiger partial charge in [0, 0.05) is 19.2 Å². The maximum absolute atomic E-state index is 12.4. The number of ether oxygens (including phenoxy) is 1. The quantitative estimate of drug-likeness (QED) is 0.867. The number of amides is 1. The van der Waals surface area contributed by atoms with E-state index in [2.05, 4.69) is 5.10 Å². The van der Waals surface area contributed by atoms with Gasteiger partial charge in [0.15, 0.2) is 5.69 Å². The molecule has 21 heavy (non-hydrogen) atoms. The van der Waals surface area contributed by atoms with Gasteiger partial charge in [-0.15, -0.1) is 0 Å². The van der Waals surface area contributed by atoms with E-state index in [-0.39, 0.29) is 5.91 Å². The Hall–Kier alpha value is -2.30. The Balaban J connectivity index is 1.94. The van der Waals surface area contributed by atoms with Crippen LogP contribution in [0, 0.1) is 0 Å². The van der Waals surface area contributed by atoms with E-state index in [1.807, 2.05) is 42.2 Å². The molecule has 1 fully saturated rings. The van der Waals surface area contributed by atoms with Crippen LogP contribution in [0.1, 0.15) is 30.3 Å². The van der Waals surface area contributed by atoms with Crippen molar-refractivity contribution >= 4 is 5.91 Å². The largest absolute Gasteiger partial charge is 0.478 e. The first-order valence-corrected chi connectivity index (χ1v) is 7.37. The molecule has 0 spiro atoms. The van der Waals surface area contributed by atoms with E-state index < -0.39 is 0 Å². The molecule has 1 amide bonds. The molecule has 5 heteroatoms. The molecule has 1 aliphatic rings. The molecule has 110 valence electrons. The van der Waals surface area contributed by atoms with Crippen LogP contribution in [-0.4, -0.2) is 40.3 Å². The lowest BCUT2D eigenvalue weighted by Crippen LogP contribution is -2.28. The molecule has 3 rings (SSSR count). The Morgan fingerprint density at radius 3 is 2.62 bits per heavy atom. The van der Waals surface area contributed by atoms with Crippen molar-refractivity contribution in [3.63, 3.8) is 0 Å². The monoisotopic (exact) mass is 285 g/mol. The summed E-state index contributed by atoms with van der Waals surface area (Å²) in [5.74, 6) is 0.592.